The second-order valence-electron chi connectivity index (χ2n) is 6.20. The second kappa shape index (κ2) is 7.40. The van der Waals surface area contributed by atoms with Crippen LogP contribution in [0.4, 0.5) is 11.5 Å². The van der Waals surface area contributed by atoms with E-state index in [-0.39, 0.29) is 0 Å². The molecule has 2 aromatic carbocycles. The standard InChI is InChI=1S/C20H20ClN3O/c21-16-4-3-5-17(12-16)23-20-19-7-2-1-6-18(19)15(13-22-20)14-24-8-10-25-11-9-24/h1-7,12-13H,8-11,14H2,(H,22,23). The van der Waals surface area contributed by atoms with Gasteiger partial charge >= 0.3 is 0 Å². The third-order valence-corrected chi connectivity index (χ3v) is 4.70. The molecule has 1 aliphatic rings. The van der Waals surface area contributed by atoms with Gasteiger partial charge in [0.2, 0.25) is 0 Å². The zero-order valence-corrected chi connectivity index (χ0v) is 14.7. The molecule has 3 aromatic rings. The maximum Gasteiger partial charge on any atom is 0.138 e. The van der Waals surface area contributed by atoms with Crippen molar-refractivity contribution in [3.63, 3.8) is 0 Å². The predicted octanol–water partition coefficient (Wildman–Crippen LogP) is 4.46. The number of halogens is 1. The van der Waals surface area contributed by atoms with E-state index >= 15 is 0 Å². The lowest BCUT2D eigenvalue weighted by molar-refractivity contribution is 0.0343. The van der Waals surface area contributed by atoms with Crippen molar-refractivity contribution in [1.82, 2.24) is 9.88 Å². The van der Waals surface area contributed by atoms with Crippen molar-refractivity contribution in [1.29, 1.82) is 0 Å². The molecule has 1 saturated heterocycles. The molecule has 4 rings (SSSR count). The first-order valence-electron chi connectivity index (χ1n) is 8.49. The molecule has 2 heterocycles. The van der Waals surface area contributed by atoms with Gasteiger partial charge in [0, 0.05) is 41.9 Å². The van der Waals surface area contributed by atoms with E-state index in [1.165, 1.54) is 10.9 Å². The fourth-order valence-corrected chi connectivity index (χ4v) is 3.37. The van der Waals surface area contributed by atoms with Crippen LogP contribution in [0.15, 0.2) is 54.7 Å². The Labute approximate surface area is 152 Å². The molecule has 0 saturated carbocycles. The van der Waals surface area contributed by atoms with E-state index in [4.69, 9.17) is 16.3 Å². The van der Waals surface area contributed by atoms with E-state index in [2.05, 4.69) is 33.4 Å². The predicted molar refractivity (Wildman–Crippen MR) is 103 cm³/mol. The first-order chi connectivity index (χ1) is 12.3. The number of rotatable bonds is 4. The number of nitrogens with zero attached hydrogens (tertiary/aromatic N) is 2. The molecule has 0 atom stereocenters. The first-order valence-corrected chi connectivity index (χ1v) is 8.87. The fraction of sp³-hybridized carbons (Fsp3) is 0.250. The molecule has 1 aromatic heterocycles. The van der Waals surface area contributed by atoms with Crippen LogP contribution in [0.1, 0.15) is 5.56 Å². The lowest BCUT2D eigenvalue weighted by atomic mass is 10.1. The van der Waals surface area contributed by atoms with E-state index < -0.39 is 0 Å². The molecule has 0 bridgehead atoms. The Bertz CT molecular complexity index is 878. The molecule has 1 aliphatic heterocycles. The average Bonchev–Trinajstić information content (AvgIpc) is 2.65. The van der Waals surface area contributed by atoms with Crippen LogP contribution in [0.3, 0.4) is 0 Å². The summed E-state index contributed by atoms with van der Waals surface area (Å²) < 4.78 is 5.44. The fourth-order valence-electron chi connectivity index (χ4n) is 3.18. The van der Waals surface area contributed by atoms with Crippen molar-refractivity contribution in [3.8, 4) is 0 Å². The van der Waals surface area contributed by atoms with Crippen molar-refractivity contribution < 1.29 is 4.74 Å². The van der Waals surface area contributed by atoms with Crippen molar-refractivity contribution in [2.24, 2.45) is 0 Å². The van der Waals surface area contributed by atoms with Crippen LogP contribution in [-0.2, 0) is 11.3 Å². The van der Waals surface area contributed by atoms with Gasteiger partial charge in [-0.1, -0.05) is 41.9 Å². The summed E-state index contributed by atoms with van der Waals surface area (Å²) in [6.45, 7) is 4.45. The lowest BCUT2D eigenvalue weighted by Gasteiger charge is -2.27. The molecule has 0 unspecified atom stereocenters. The van der Waals surface area contributed by atoms with E-state index in [9.17, 15) is 0 Å². The molecule has 0 radical (unpaired) electrons. The molecule has 128 valence electrons. The maximum absolute atomic E-state index is 6.09. The van der Waals surface area contributed by atoms with Crippen molar-refractivity contribution in [2.45, 2.75) is 6.54 Å². The second-order valence-corrected chi connectivity index (χ2v) is 6.64. The zero-order valence-electron chi connectivity index (χ0n) is 13.9. The molecular formula is C20H20ClN3O. The minimum atomic E-state index is 0.707. The van der Waals surface area contributed by atoms with Crippen LogP contribution in [0.25, 0.3) is 10.8 Å². The number of pyridine rings is 1. The van der Waals surface area contributed by atoms with Gasteiger partial charge in [0.25, 0.3) is 0 Å². The van der Waals surface area contributed by atoms with Gasteiger partial charge in [-0.15, -0.1) is 0 Å². The van der Waals surface area contributed by atoms with Crippen LogP contribution in [0.2, 0.25) is 5.02 Å². The topological polar surface area (TPSA) is 37.4 Å². The number of anilines is 2. The van der Waals surface area contributed by atoms with E-state index in [0.29, 0.717) is 5.02 Å². The quantitative estimate of drug-likeness (QED) is 0.751. The van der Waals surface area contributed by atoms with Crippen molar-refractivity contribution >= 4 is 33.9 Å². The highest BCUT2D eigenvalue weighted by molar-refractivity contribution is 6.30. The molecule has 4 nitrogen and oxygen atoms in total. The summed E-state index contributed by atoms with van der Waals surface area (Å²) in [7, 11) is 0. The molecule has 1 N–H and O–H groups in total. The SMILES string of the molecule is Clc1cccc(Nc2ncc(CN3CCOCC3)c3ccccc23)c1. The third kappa shape index (κ3) is 3.76. The molecule has 1 fully saturated rings. The number of benzene rings is 2. The van der Waals surface area contributed by atoms with Crippen molar-refractivity contribution in [2.75, 3.05) is 31.6 Å². The lowest BCUT2D eigenvalue weighted by Crippen LogP contribution is -2.35. The van der Waals surface area contributed by atoms with Gasteiger partial charge in [0.05, 0.1) is 13.2 Å². The van der Waals surface area contributed by atoms with E-state index in [0.717, 1.165) is 49.7 Å². The Morgan fingerprint density at radius 1 is 1.04 bits per heavy atom. The summed E-state index contributed by atoms with van der Waals surface area (Å²) in [4.78, 5) is 7.10. The zero-order chi connectivity index (χ0) is 17.1. The summed E-state index contributed by atoms with van der Waals surface area (Å²) >= 11 is 6.09. The number of aromatic nitrogens is 1. The van der Waals surface area contributed by atoms with Gasteiger partial charge in [-0.3, -0.25) is 4.90 Å². The minimum Gasteiger partial charge on any atom is -0.379 e. The van der Waals surface area contributed by atoms with Gasteiger partial charge in [-0.05, 0) is 29.1 Å². The van der Waals surface area contributed by atoms with Gasteiger partial charge in [0.15, 0.2) is 0 Å². The largest absolute Gasteiger partial charge is 0.379 e. The van der Waals surface area contributed by atoms with Crippen LogP contribution in [0, 0.1) is 0 Å². The maximum atomic E-state index is 6.09. The summed E-state index contributed by atoms with van der Waals surface area (Å²) in [5.74, 6) is 0.851. The van der Waals surface area contributed by atoms with E-state index in [1.54, 1.807) is 0 Å². The highest BCUT2D eigenvalue weighted by Gasteiger charge is 2.14. The van der Waals surface area contributed by atoms with Gasteiger partial charge < -0.3 is 10.1 Å². The monoisotopic (exact) mass is 353 g/mol. The molecule has 5 heteroatoms. The highest BCUT2D eigenvalue weighted by Crippen LogP contribution is 2.28. The van der Waals surface area contributed by atoms with Gasteiger partial charge in [0.1, 0.15) is 5.82 Å². The summed E-state index contributed by atoms with van der Waals surface area (Å²) in [6.07, 6.45) is 1.98. The summed E-state index contributed by atoms with van der Waals surface area (Å²) in [5.41, 5.74) is 2.18. The van der Waals surface area contributed by atoms with E-state index in [1.807, 2.05) is 36.5 Å². The number of morpholine rings is 1. The van der Waals surface area contributed by atoms with Crippen LogP contribution in [-0.4, -0.2) is 36.2 Å². The van der Waals surface area contributed by atoms with Gasteiger partial charge in [-0.2, -0.15) is 0 Å². The molecule has 0 spiro atoms. The third-order valence-electron chi connectivity index (χ3n) is 4.46. The Morgan fingerprint density at radius 3 is 2.64 bits per heavy atom. The number of fused-ring (bicyclic) bond motifs is 1. The minimum absolute atomic E-state index is 0.707. The molecular weight excluding hydrogens is 334 g/mol. The Morgan fingerprint density at radius 2 is 1.84 bits per heavy atom. The first kappa shape index (κ1) is 16.3. The van der Waals surface area contributed by atoms with Crippen LogP contribution < -0.4 is 5.32 Å². The number of hydrogen-bond donors (Lipinski definition) is 1. The Balaban J connectivity index is 1.66. The number of nitrogens with one attached hydrogen (secondary N) is 1. The normalized spacial score (nSPS) is 15.4. The smallest absolute Gasteiger partial charge is 0.138 e. The highest BCUT2D eigenvalue weighted by atomic mass is 35.5. The summed E-state index contributed by atoms with van der Waals surface area (Å²) in [5, 5.41) is 6.44. The Kier molecular flexibility index (Phi) is 4.83. The average molecular weight is 354 g/mol. The van der Waals surface area contributed by atoms with Gasteiger partial charge in [-0.25, -0.2) is 4.98 Å². The number of ether oxygens (including phenoxy) is 1. The molecule has 25 heavy (non-hydrogen) atoms. The van der Waals surface area contributed by atoms with Crippen LogP contribution in [0.5, 0.6) is 0 Å². The number of hydrogen-bond acceptors (Lipinski definition) is 4. The van der Waals surface area contributed by atoms with Crippen molar-refractivity contribution in [3.05, 3.63) is 65.3 Å². The Hall–Kier alpha value is -2.14. The summed E-state index contributed by atoms with van der Waals surface area (Å²) in [6, 6.07) is 16.1. The molecule has 0 amide bonds. The van der Waals surface area contributed by atoms with Crippen LogP contribution >= 0.6 is 11.6 Å². The molecule has 0 aliphatic carbocycles.